The first-order valence-electron chi connectivity index (χ1n) is 5.60. The number of hydrogen-bond acceptors (Lipinski definition) is 0. The van der Waals surface area contributed by atoms with Gasteiger partial charge in [-0.05, 0) is 59.2 Å². The first-order chi connectivity index (χ1) is 8.15. The zero-order chi connectivity index (χ0) is 12.3. The van der Waals surface area contributed by atoms with Gasteiger partial charge in [0.1, 0.15) is 0 Å². The van der Waals surface area contributed by atoms with Gasteiger partial charge in [-0.25, -0.2) is 0 Å². The number of alkyl halides is 1. The van der Waals surface area contributed by atoms with Crippen LogP contribution in [0.2, 0.25) is 0 Å². The van der Waals surface area contributed by atoms with Gasteiger partial charge in [-0.1, -0.05) is 42.0 Å². The lowest BCUT2D eigenvalue weighted by atomic mass is 10.0. The molecular formula is C15H14ClI. The van der Waals surface area contributed by atoms with E-state index < -0.39 is 0 Å². The van der Waals surface area contributed by atoms with Crippen molar-refractivity contribution in [2.24, 2.45) is 0 Å². The van der Waals surface area contributed by atoms with Crippen LogP contribution in [0, 0.1) is 10.5 Å². The van der Waals surface area contributed by atoms with E-state index in [1.54, 1.807) is 0 Å². The Morgan fingerprint density at radius 3 is 2.47 bits per heavy atom. The molecule has 1 unspecified atom stereocenters. The molecule has 0 heterocycles. The van der Waals surface area contributed by atoms with Gasteiger partial charge in [0, 0.05) is 3.57 Å². The van der Waals surface area contributed by atoms with Crippen LogP contribution in [0.3, 0.4) is 0 Å². The maximum absolute atomic E-state index is 6.44. The van der Waals surface area contributed by atoms with Crippen LogP contribution >= 0.6 is 34.2 Å². The zero-order valence-corrected chi connectivity index (χ0v) is 12.6. The summed E-state index contributed by atoms with van der Waals surface area (Å²) < 4.78 is 1.24. The molecule has 2 rings (SSSR count). The van der Waals surface area contributed by atoms with E-state index in [4.69, 9.17) is 11.6 Å². The second-order valence-corrected chi connectivity index (χ2v) is 5.98. The van der Waals surface area contributed by atoms with Crippen molar-refractivity contribution in [3.63, 3.8) is 0 Å². The fraction of sp³-hybridized carbons (Fsp3) is 0.200. The van der Waals surface area contributed by atoms with Crippen molar-refractivity contribution in [1.82, 2.24) is 0 Å². The van der Waals surface area contributed by atoms with Gasteiger partial charge in [0.05, 0.1) is 5.38 Å². The van der Waals surface area contributed by atoms with Gasteiger partial charge in [-0.2, -0.15) is 0 Å². The average Bonchev–Trinajstić information content (AvgIpc) is 2.29. The van der Waals surface area contributed by atoms with Crippen LogP contribution in [0.15, 0.2) is 48.5 Å². The number of benzene rings is 2. The number of hydrogen-bond donors (Lipinski definition) is 0. The highest BCUT2D eigenvalue weighted by Gasteiger charge is 2.08. The van der Waals surface area contributed by atoms with Crippen molar-refractivity contribution in [3.05, 3.63) is 68.8 Å². The molecule has 0 nitrogen and oxygen atoms in total. The molecule has 0 aliphatic rings. The van der Waals surface area contributed by atoms with E-state index in [1.165, 1.54) is 20.3 Å². The minimum atomic E-state index is 0.0498. The van der Waals surface area contributed by atoms with Crippen LogP contribution in [-0.4, -0.2) is 0 Å². The molecule has 88 valence electrons. The van der Waals surface area contributed by atoms with Crippen LogP contribution < -0.4 is 0 Å². The summed E-state index contributed by atoms with van der Waals surface area (Å²) in [5, 5.41) is 0.0498. The van der Waals surface area contributed by atoms with Crippen molar-refractivity contribution in [2.45, 2.75) is 18.7 Å². The molecule has 0 saturated heterocycles. The van der Waals surface area contributed by atoms with Gasteiger partial charge in [0.15, 0.2) is 0 Å². The topological polar surface area (TPSA) is 0 Å². The standard InChI is InChI=1S/C15H14ClI/c1-11-3-2-4-12(9-11)10-15(16)13-5-7-14(17)8-6-13/h2-9,15H,10H2,1H3. The first-order valence-corrected chi connectivity index (χ1v) is 7.12. The summed E-state index contributed by atoms with van der Waals surface area (Å²) in [7, 11) is 0. The summed E-state index contributed by atoms with van der Waals surface area (Å²) in [6.45, 7) is 2.11. The summed E-state index contributed by atoms with van der Waals surface area (Å²) in [5.41, 5.74) is 3.77. The quantitative estimate of drug-likeness (QED) is 0.529. The maximum Gasteiger partial charge on any atom is 0.0625 e. The molecule has 0 aromatic heterocycles. The lowest BCUT2D eigenvalue weighted by molar-refractivity contribution is 0.918. The van der Waals surface area contributed by atoms with E-state index in [1.807, 2.05) is 0 Å². The van der Waals surface area contributed by atoms with Gasteiger partial charge < -0.3 is 0 Å². The predicted molar refractivity (Wildman–Crippen MR) is 82.6 cm³/mol. The highest BCUT2D eigenvalue weighted by molar-refractivity contribution is 14.1. The molecule has 0 fully saturated rings. The summed E-state index contributed by atoms with van der Waals surface area (Å²) in [5.74, 6) is 0. The molecule has 0 radical (unpaired) electrons. The molecule has 2 heteroatoms. The van der Waals surface area contributed by atoms with E-state index in [-0.39, 0.29) is 5.38 Å². The number of aryl methyl sites for hydroxylation is 1. The summed E-state index contributed by atoms with van der Waals surface area (Å²) in [4.78, 5) is 0. The van der Waals surface area contributed by atoms with Crippen LogP contribution in [0.5, 0.6) is 0 Å². The second kappa shape index (κ2) is 5.87. The van der Waals surface area contributed by atoms with E-state index in [2.05, 4.69) is 78.0 Å². The van der Waals surface area contributed by atoms with Crippen molar-refractivity contribution in [1.29, 1.82) is 0 Å². The molecule has 0 N–H and O–H groups in total. The molecule has 0 spiro atoms. The largest absolute Gasteiger partial charge is 0.117 e. The zero-order valence-electron chi connectivity index (χ0n) is 9.66. The van der Waals surface area contributed by atoms with Gasteiger partial charge in [0.2, 0.25) is 0 Å². The molecule has 0 aliphatic heterocycles. The fourth-order valence-corrected chi connectivity index (χ4v) is 2.52. The van der Waals surface area contributed by atoms with Crippen LogP contribution in [0.25, 0.3) is 0 Å². The van der Waals surface area contributed by atoms with Crippen molar-refractivity contribution < 1.29 is 0 Å². The Kier molecular flexibility index (Phi) is 4.46. The van der Waals surface area contributed by atoms with Crippen LogP contribution in [0.4, 0.5) is 0 Å². The van der Waals surface area contributed by atoms with Crippen LogP contribution in [-0.2, 0) is 6.42 Å². The van der Waals surface area contributed by atoms with Crippen molar-refractivity contribution >= 4 is 34.2 Å². The third-order valence-corrected chi connectivity index (χ3v) is 3.85. The Hall–Kier alpha value is -0.540. The minimum Gasteiger partial charge on any atom is -0.117 e. The third-order valence-electron chi connectivity index (χ3n) is 2.73. The second-order valence-electron chi connectivity index (χ2n) is 4.21. The molecular weight excluding hydrogens is 343 g/mol. The summed E-state index contributed by atoms with van der Waals surface area (Å²) in [6.07, 6.45) is 0.879. The van der Waals surface area contributed by atoms with Gasteiger partial charge in [0.25, 0.3) is 0 Å². The van der Waals surface area contributed by atoms with E-state index >= 15 is 0 Å². The maximum atomic E-state index is 6.44. The molecule has 1 atom stereocenters. The van der Waals surface area contributed by atoms with E-state index in [0.29, 0.717) is 0 Å². The molecule has 2 aromatic carbocycles. The molecule has 17 heavy (non-hydrogen) atoms. The van der Waals surface area contributed by atoms with Gasteiger partial charge in [-0.3, -0.25) is 0 Å². The number of halogens is 2. The Morgan fingerprint density at radius 1 is 1.12 bits per heavy atom. The lowest BCUT2D eigenvalue weighted by Crippen LogP contribution is -1.96. The third kappa shape index (κ3) is 3.71. The lowest BCUT2D eigenvalue weighted by Gasteiger charge is -2.10. The fourth-order valence-electron chi connectivity index (χ4n) is 1.84. The molecule has 0 aliphatic carbocycles. The van der Waals surface area contributed by atoms with E-state index in [0.717, 1.165) is 6.42 Å². The Labute approximate surface area is 121 Å². The first kappa shape index (κ1) is 12.9. The Balaban J connectivity index is 2.11. The SMILES string of the molecule is Cc1cccc(CC(Cl)c2ccc(I)cc2)c1. The Bertz CT molecular complexity index is 491. The van der Waals surface area contributed by atoms with E-state index in [9.17, 15) is 0 Å². The summed E-state index contributed by atoms with van der Waals surface area (Å²) >= 11 is 8.75. The van der Waals surface area contributed by atoms with Crippen molar-refractivity contribution in [2.75, 3.05) is 0 Å². The van der Waals surface area contributed by atoms with Gasteiger partial charge >= 0.3 is 0 Å². The highest BCUT2D eigenvalue weighted by atomic mass is 127. The molecule has 0 saturated carbocycles. The molecule has 2 aromatic rings. The van der Waals surface area contributed by atoms with Gasteiger partial charge in [-0.15, -0.1) is 11.6 Å². The van der Waals surface area contributed by atoms with Crippen molar-refractivity contribution in [3.8, 4) is 0 Å². The predicted octanol–water partition coefficient (Wildman–Crippen LogP) is 5.12. The normalized spacial score (nSPS) is 12.4. The highest BCUT2D eigenvalue weighted by Crippen LogP contribution is 2.25. The average molecular weight is 357 g/mol. The molecule has 0 bridgehead atoms. The molecule has 0 amide bonds. The monoisotopic (exact) mass is 356 g/mol. The number of rotatable bonds is 3. The Morgan fingerprint density at radius 2 is 1.82 bits per heavy atom. The summed E-state index contributed by atoms with van der Waals surface area (Å²) in [6, 6.07) is 16.9. The smallest absolute Gasteiger partial charge is 0.0625 e. The van der Waals surface area contributed by atoms with Crippen LogP contribution in [0.1, 0.15) is 22.1 Å². The minimum absolute atomic E-state index is 0.0498.